The molecule has 410 valence electrons. The van der Waals surface area contributed by atoms with Crippen molar-refractivity contribution in [2.24, 2.45) is 136 Å². The number of carboxylic acids is 2. The molecule has 74 heavy (non-hydrogen) atoms. The minimum absolute atomic E-state index is 0.0531. The summed E-state index contributed by atoms with van der Waals surface area (Å²) in [4.78, 5) is 113. The number of aliphatic carboxylic acids is 2. The van der Waals surface area contributed by atoms with Crippen LogP contribution in [0, 0.1) is 136 Å². The van der Waals surface area contributed by atoms with E-state index in [2.05, 4.69) is 6.92 Å². The largest absolute Gasteiger partial charge is 0.481 e. The highest BCUT2D eigenvalue weighted by Crippen LogP contribution is 2.75. The van der Waals surface area contributed by atoms with E-state index in [-0.39, 0.29) is 103 Å². The summed E-state index contributed by atoms with van der Waals surface area (Å²) in [6, 6.07) is -0.257. The fourth-order valence-corrected chi connectivity index (χ4v) is 19.5. The summed E-state index contributed by atoms with van der Waals surface area (Å²) in [6.07, 6.45) is 6.50. The lowest BCUT2D eigenvalue weighted by Crippen LogP contribution is -2.54. The van der Waals surface area contributed by atoms with Crippen LogP contribution < -0.4 is 0 Å². The molecule has 2 heterocycles. The lowest BCUT2D eigenvalue weighted by molar-refractivity contribution is -0.170. The molecule has 2 saturated heterocycles. The normalized spacial score (nSPS) is 44.7. The highest BCUT2D eigenvalue weighted by atomic mass is 16.6. The topological polar surface area (TPSA) is 247 Å². The van der Waals surface area contributed by atoms with E-state index >= 15 is 0 Å². The molecule has 2 aliphatic heterocycles. The quantitative estimate of drug-likeness (QED) is 0.0910. The maximum atomic E-state index is 14.7. The Kier molecular flexibility index (Phi) is 14.1. The number of aliphatic hydroxyl groups is 1. The number of carboxylic acid groups (broad SMARTS) is 2. The summed E-state index contributed by atoms with van der Waals surface area (Å²) in [5.41, 5.74) is -1.37. The highest BCUT2D eigenvalue weighted by Gasteiger charge is 2.74. The van der Waals surface area contributed by atoms with Crippen LogP contribution in [-0.4, -0.2) is 112 Å². The lowest BCUT2D eigenvalue weighted by atomic mass is 9.50. The van der Waals surface area contributed by atoms with Gasteiger partial charge in [-0.15, -0.1) is 0 Å². The van der Waals surface area contributed by atoms with Crippen molar-refractivity contribution in [3.8, 4) is 0 Å². The number of amides is 1. The zero-order chi connectivity index (χ0) is 53.2. The molecule has 17 nitrogen and oxygen atoms in total. The first-order valence-electron chi connectivity index (χ1n) is 28.3. The van der Waals surface area contributed by atoms with Crippen molar-refractivity contribution in [1.82, 2.24) is 4.90 Å². The van der Waals surface area contributed by atoms with Crippen LogP contribution in [0.1, 0.15) is 126 Å². The van der Waals surface area contributed by atoms with Gasteiger partial charge < -0.3 is 43.9 Å². The minimum Gasteiger partial charge on any atom is -0.481 e. The first-order valence-corrected chi connectivity index (χ1v) is 28.3. The number of hydrogen-bond donors (Lipinski definition) is 3. The third-order valence-corrected chi connectivity index (χ3v) is 21.3. The second-order valence-electron chi connectivity index (χ2n) is 27.0. The number of likely N-dealkylation sites (tertiary alicyclic amines) is 1. The molecule has 0 aromatic rings. The summed E-state index contributed by atoms with van der Waals surface area (Å²) >= 11 is 0. The zero-order valence-corrected chi connectivity index (χ0v) is 44.6. The second kappa shape index (κ2) is 19.6. The molecule has 0 aromatic heterocycles. The molecule has 24 unspecified atom stereocenters. The van der Waals surface area contributed by atoms with Gasteiger partial charge in [-0.25, -0.2) is 4.79 Å². The number of aliphatic hydroxyl groups excluding tert-OH is 1. The van der Waals surface area contributed by atoms with E-state index in [1.807, 2.05) is 20.8 Å². The number of carbonyl (C=O) groups is 8. The van der Waals surface area contributed by atoms with Gasteiger partial charge in [-0.3, -0.25) is 33.6 Å². The van der Waals surface area contributed by atoms with E-state index in [1.165, 1.54) is 0 Å². The van der Waals surface area contributed by atoms with Crippen LogP contribution in [0.4, 0.5) is 4.79 Å². The van der Waals surface area contributed by atoms with Crippen molar-refractivity contribution in [3.63, 3.8) is 0 Å². The number of ether oxygens (including phenoxy) is 5. The average Bonchev–Trinajstić information content (AvgIpc) is 4.20. The number of hydrogen-bond acceptors (Lipinski definition) is 14. The molecule has 0 spiro atoms. The van der Waals surface area contributed by atoms with Crippen LogP contribution in [0.2, 0.25) is 0 Å². The Morgan fingerprint density at radius 1 is 0.581 bits per heavy atom. The van der Waals surface area contributed by atoms with Crippen LogP contribution in [0.3, 0.4) is 0 Å². The average molecular weight is 1040 g/mol. The molecule has 0 aromatic carbocycles. The number of rotatable bonds is 14. The summed E-state index contributed by atoms with van der Waals surface area (Å²) in [5.74, 6) is -13.6. The van der Waals surface area contributed by atoms with Gasteiger partial charge in [0.2, 0.25) is 0 Å². The van der Waals surface area contributed by atoms with Crippen molar-refractivity contribution in [1.29, 1.82) is 0 Å². The molecule has 3 N–H and O–H groups in total. The number of nitrogens with zero attached hydrogens (tertiary/aromatic N) is 1. The molecule has 8 aliphatic carbocycles. The van der Waals surface area contributed by atoms with Crippen LogP contribution in [0.5, 0.6) is 0 Å². The maximum absolute atomic E-state index is 14.7. The first kappa shape index (κ1) is 53.1. The van der Waals surface area contributed by atoms with E-state index in [4.69, 9.17) is 23.7 Å². The van der Waals surface area contributed by atoms with Gasteiger partial charge in [0.15, 0.2) is 0 Å². The minimum atomic E-state index is -1.22. The van der Waals surface area contributed by atoms with Gasteiger partial charge in [-0.05, 0) is 200 Å². The fraction of sp³-hybridized carbons (Fsp3) is 0.860. The summed E-state index contributed by atoms with van der Waals surface area (Å²) in [5, 5.41) is 32.0. The summed E-state index contributed by atoms with van der Waals surface area (Å²) in [6.45, 7) is 15.0. The van der Waals surface area contributed by atoms with Crippen molar-refractivity contribution in [3.05, 3.63) is 0 Å². The van der Waals surface area contributed by atoms with Crippen LogP contribution in [0.15, 0.2) is 0 Å². The van der Waals surface area contributed by atoms with E-state index in [1.54, 1.807) is 32.6 Å². The van der Waals surface area contributed by atoms with Crippen LogP contribution in [-0.2, 0) is 57.2 Å². The van der Waals surface area contributed by atoms with Crippen molar-refractivity contribution >= 4 is 47.9 Å². The Bertz CT molecular complexity index is 2270. The van der Waals surface area contributed by atoms with Gasteiger partial charge in [0.1, 0.15) is 17.8 Å². The SMILES string of the molecule is CC1C(=O)OC(=O)C1C1C2CC(C(C(=O)O)C2C(=O)OCCC2CCCCN2C(=O)OC(C)(C)C)C1C1C2CC(CC2C(=O)O)C1C1C2CC(CC2C(=O)OCCO)C1C1C(C)C2CC(C(=O)OC(C)(C)C)C1C2. The van der Waals surface area contributed by atoms with E-state index in [0.717, 1.165) is 32.1 Å². The smallest absolute Gasteiger partial charge is 0.410 e. The molecule has 1 amide bonds. The van der Waals surface area contributed by atoms with Crippen molar-refractivity contribution in [2.45, 2.75) is 143 Å². The fourth-order valence-electron chi connectivity index (χ4n) is 19.5. The first-order chi connectivity index (χ1) is 34.9. The van der Waals surface area contributed by atoms with E-state index in [0.29, 0.717) is 44.6 Å². The Labute approximate surface area is 434 Å². The van der Waals surface area contributed by atoms with Gasteiger partial charge in [-0.2, -0.15) is 0 Å². The zero-order valence-electron chi connectivity index (χ0n) is 44.6. The second-order valence-corrected chi connectivity index (χ2v) is 27.0. The van der Waals surface area contributed by atoms with E-state index in [9.17, 15) is 53.7 Å². The predicted octanol–water partition coefficient (Wildman–Crippen LogP) is 6.89. The molecular weight excluding hydrogens is 955 g/mol. The standard InChI is InChI=1S/C57H81NO16/c1-24-26-17-31(35(18-26)52(66)73-56(3,4)5)38(24)40-28-20-32(34(22-28)51(65)71-16-14-59)42(40)41-27-19-30(33(21-27)48(60)61)43(41)45-36-23-37(44(45)39-25(2)50(64)72-54(39)68)47(46(36)49(62)63)53(67)70-15-12-29-11-9-10-13-58(29)55(69)74-57(6,7)8/h24-47,59H,9-23H2,1-8H3,(H,60,61)(H,62,63). The molecule has 8 saturated carbocycles. The van der Waals surface area contributed by atoms with Crippen molar-refractivity contribution in [2.75, 3.05) is 26.4 Å². The molecule has 8 bridgehead atoms. The number of piperidine rings is 1. The summed E-state index contributed by atoms with van der Waals surface area (Å²) < 4.78 is 28.9. The molecule has 24 atom stereocenters. The third kappa shape index (κ3) is 9.03. The van der Waals surface area contributed by atoms with Gasteiger partial charge in [0, 0.05) is 19.0 Å². The van der Waals surface area contributed by atoms with Gasteiger partial charge >= 0.3 is 47.9 Å². The molecule has 10 aliphatic rings. The Morgan fingerprint density at radius 3 is 1.74 bits per heavy atom. The number of carbonyl (C=O) groups excluding carboxylic acids is 6. The molecule has 17 heteroatoms. The monoisotopic (exact) mass is 1040 g/mol. The van der Waals surface area contributed by atoms with Crippen molar-refractivity contribution < 1.29 is 77.4 Å². The number of fused-ring (bicyclic) bond motifs is 8. The van der Waals surface area contributed by atoms with Crippen LogP contribution in [0.25, 0.3) is 0 Å². The lowest BCUT2D eigenvalue weighted by Gasteiger charge is -2.54. The molecule has 10 fully saturated rings. The van der Waals surface area contributed by atoms with Crippen LogP contribution >= 0.6 is 0 Å². The maximum Gasteiger partial charge on any atom is 0.410 e. The Hall–Kier alpha value is -4.28. The summed E-state index contributed by atoms with van der Waals surface area (Å²) in [7, 11) is 0. The molecular formula is C57H81NO16. The number of cyclic esters (lactones) is 2. The highest BCUT2D eigenvalue weighted by molar-refractivity contribution is 5.96. The Morgan fingerprint density at radius 2 is 1.14 bits per heavy atom. The molecule has 10 rings (SSSR count). The third-order valence-electron chi connectivity index (χ3n) is 21.3. The van der Waals surface area contributed by atoms with Gasteiger partial charge in [-0.1, -0.05) is 13.8 Å². The van der Waals surface area contributed by atoms with E-state index < -0.39 is 118 Å². The predicted molar refractivity (Wildman–Crippen MR) is 260 cm³/mol. The molecule has 0 radical (unpaired) electrons. The van der Waals surface area contributed by atoms with Gasteiger partial charge in [0.25, 0.3) is 0 Å². The Balaban J connectivity index is 1.01. The van der Waals surface area contributed by atoms with Gasteiger partial charge in [0.05, 0.1) is 54.6 Å². The number of esters is 5.